The van der Waals surface area contributed by atoms with Crippen LogP contribution in [-0.4, -0.2) is 28.8 Å². The Labute approximate surface area is 139 Å². The Balaban J connectivity index is 2.25. The van der Waals surface area contributed by atoms with Crippen LogP contribution >= 0.6 is 0 Å². The van der Waals surface area contributed by atoms with Crippen LogP contribution in [-0.2, 0) is 4.79 Å². The molecule has 0 heterocycles. The number of hydrogen-bond acceptors (Lipinski definition) is 3. The number of unbranched alkanes of at least 4 members (excludes halogenated alkanes) is 6. The highest BCUT2D eigenvalue weighted by molar-refractivity contribution is 5.76. The van der Waals surface area contributed by atoms with Crippen molar-refractivity contribution in [2.45, 2.75) is 70.4 Å². The summed E-state index contributed by atoms with van der Waals surface area (Å²) in [5, 5.41) is 22.4. The standard InChI is InChI=1S/C19H31NO3/c1-2-3-4-5-6-7-11-14-18(22)20-17(15-21)19(23)16-12-9-8-10-13-16/h8-10,12-13,17,19,21,23H,2-7,11,14-15H2,1H3,(H,20,22)/t17-,19-/m0/s1. The van der Waals surface area contributed by atoms with Crippen LogP contribution in [0.1, 0.15) is 70.0 Å². The maximum atomic E-state index is 11.9. The van der Waals surface area contributed by atoms with Gasteiger partial charge in [0.2, 0.25) is 5.91 Å². The summed E-state index contributed by atoms with van der Waals surface area (Å²) < 4.78 is 0. The highest BCUT2D eigenvalue weighted by atomic mass is 16.3. The zero-order chi connectivity index (χ0) is 16.9. The van der Waals surface area contributed by atoms with Crippen molar-refractivity contribution in [3.8, 4) is 0 Å². The minimum absolute atomic E-state index is 0.104. The summed E-state index contributed by atoms with van der Waals surface area (Å²) in [6.07, 6.45) is 7.69. The molecule has 2 atom stereocenters. The van der Waals surface area contributed by atoms with E-state index in [-0.39, 0.29) is 12.5 Å². The highest BCUT2D eigenvalue weighted by Gasteiger charge is 2.21. The van der Waals surface area contributed by atoms with Crippen molar-refractivity contribution in [2.24, 2.45) is 0 Å². The van der Waals surface area contributed by atoms with Gasteiger partial charge in [-0.25, -0.2) is 0 Å². The summed E-state index contributed by atoms with van der Waals surface area (Å²) in [6.45, 7) is 1.92. The van der Waals surface area contributed by atoms with E-state index in [0.29, 0.717) is 12.0 Å². The van der Waals surface area contributed by atoms with Gasteiger partial charge in [-0.1, -0.05) is 75.8 Å². The number of aliphatic hydroxyl groups excluding tert-OH is 2. The first-order valence-electron chi connectivity index (χ1n) is 8.82. The van der Waals surface area contributed by atoms with Crippen LogP contribution in [0.4, 0.5) is 0 Å². The predicted octanol–water partition coefficient (Wildman–Crippen LogP) is 3.34. The smallest absolute Gasteiger partial charge is 0.220 e. The van der Waals surface area contributed by atoms with Crippen LogP contribution in [0.3, 0.4) is 0 Å². The average Bonchev–Trinajstić information content (AvgIpc) is 2.59. The van der Waals surface area contributed by atoms with E-state index in [4.69, 9.17) is 0 Å². The number of amides is 1. The van der Waals surface area contributed by atoms with Crippen molar-refractivity contribution in [1.82, 2.24) is 5.32 Å². The minimum Gasteiger partial charge on any atom is -0.394 e. The third-order valence-corrected chi connectivity index (χ3v) is 4.07. The summed E-state index contributed by atoms with van der Waals surface area (Å²) in [5.74, 6) is -0.104. The molecule has 0 saturated heterocycles. The molecule has 0 aliphatic carbocycles. The molecular formula is C19H31NO3. The van der Waals surface area contributed by atoms with Crippen LogP contribution in [0.25, 0.3) is 0 Å². The first-order valence-corrected chi connectivity index (χ1v) is 8.82. The molecule has 0 radical (unpaired) electrons. The fourth-order valence-corrected chi connectivity index (χ4v) is 2.63. The molecule has 3 N–H and O–H groups in total. The molecule has 0 spiro atoms. The summed E-state index contributed by atoms with van der Waals surface area (Å²) in [7, 11) is 0. The van der Waals surface area contributed by atoms with E-state index >= 15 is 0 Å². The van der Waals surface area contributed by atoms with E-state index < -0.39 is 12.1 Å². The molecule has 1 amide bonds. The number of nitrogens with one attached hydrogen (secondary N) is 1. The Morgan fingerprint density at radius 1 is 1.04 bits per heavy atom. The third kappa shape index (κ3) is 8.14. The monoisotopic (exact) mass is 321 g/mol. The molecule has 4 nitrogen and oxygen atoms in total. The maximum absolute atomic E-state index is 11.9. The molecule has 1 aromatic carbocycles. The number of carbonyl (C=O) groups is 1. The summed E-state index contributed by atoms with van der Waals surface area (Å²) in [4.78, 5) is 11.9. The Bertz CT molecular complexity index is 422. The molecule has 0 fully saturated rings. The predicted molar refractivity (Wildman–Crippen MR) is 93.0 cm³/mol. The topological polar surface area (TPSA) is 69.6 Å². The highest BCUT2D eigenvalue weighted by Crippen LogP contribution is 2.16. The quantitative estimate of drug-likeness (QED) is 0.517. The van der Waals surface area contributed by atoms with Gasteiger partial charge in [0.1, 0.15) is 6.10 Å². The van der Waals surface area contributed by atoms with E-state index in [9.17, 15) is 15.0 Å². The van der Waals surface area contributed by atoms with E-state index in [1.54, 1.807) is 12.1 Å². The lowest BCUT2D eigenvalue weighted by Crippen LogP contribution is -2.41. The maximum Gasteiger partial charge on any atom is 0.220 e. The van der Waals surface area contributed by atoms with E-state index in [1.165, 1.54) is 32.1 Å². The van der Waals surface area contributed by atoms with Crippen molar-refractivity contribution < 1.29 is 15.0 Å². The van der Waals surface area contributed by atoms with Crippen LogP contribution in [0.5, 0.6) is 0 Å². The number of rotatable bonds is 12. The van der Waals surface area contributed by atoms with Crippen molar-refractivity contribution in [3.63, 3.8) is 0 Å². The summed E-state index contributed by atoms with van der Waals surface area (Å²) in [5.41, 5.74) is 0.697. The summed E-state index contributed by atoms with van der Waals surface area (Å²) >= 11 is 0. The van der Waals surface area contributed by atoms with Crippen LogP contribution < -0.4 is 5.32 Å². The molecule has 0 bridgehead atoms. The van der Waals surface area contributed by atoms with Gasteiger partial charge in [0, 0.05) is 6.42 Å². The fourth-order valence-electron chi connectivity index (χ4n) is 2.63. The molecular weight excluding hydrogens is 290 g/mol. The molecule has 1 aromatic rings. The van der Waals surface area contributed by atoms with Gasteiger partial charge in [0.05, 0.1) is 12.6 Å². The van der Waals surface area contributed by atoms with E-state index in [2.05, 4.69) is 12.2 Å². The van der Waals surface area contributed by atoms with Crippen molar-refractivity contribution in [2.75, 3.05) is 6.61 Å². The first kappa shape index (κ1) is 19.7. The Morgan fingerprint density at radius 3 is 2.26 bits per heavy atom. The van der Waals surface area contributed by atoms with Gasteiger partial charge < -0.3 is 15.5 Å². The summed E-state index contributed by atoms with van der Waals surface area (Å²) in [6, 6.07) is 8.43. The second-order valence-corrected chi connectivity index (χ2v) is 6.08. The second kappa shape index (κ2) is 12.1. The lowest BCUT2D eigenvalue weighted by atomic mass is 10.0. The lowest BCUT2D eigenvalue weighted by Gasteiger charge is -2.22. The van der Waals surface area contributed by atoms with E-state index in [0.717, 1.165) is 12.8 Å². The van der Waals surface area contributed by atoms with Crippen molar-refractivity contribution in [1.29, 1.82) is 0 Å². The van der Waals surface area contributed by atoms with Crippen LogP contribution in [0, 0.1) is 0 Å². The first-order chi connectivity index (χ1) is 11.2. The SMILES string of the molecule is CCCCCCCCCC(=O)N[C@@H](CO)[C@@H](O)c1ccccc1. The zero-order valence-electron chi connectivity index (χ0n) is 14.2. The molecule has 0 saturated carbocycles. The van der Waals surface area contributed by atoms with Crippen molar-refractivity contribution in [3.05, 3.63) is 35.9 Å². The number of aliphatic hydroxyl groups is 2. The van der Waals surface area contributed by atoms with Gasteiger partial charge >= 0.3 is 0 Å². The molecule has 0 aliphatic rings. The molecule has 23 heavy (non-hydrogen) atoms. The Morgan fingerprint density at radius 2 is 1.65 bits per heavy atom. The average molecular weight is 321 g/mol. The van der Waals surface area contributed by atoms with Gasteiger partial charge in [0.15, 0.2) is 0 Å². The normalized spacial score (nSPS) is 13.5. The number of benzene rings is 1. The van der Waals surface area contributed by atoms with Gasteiger partial charge in [0.25, 0.3) is 0 Å². The van der Waals surface area contributed by atoms with Gasteiger partial charge in [-0.15, -0.1) is 0 Å². The van der Waals surface area contributed by atoms with Crippen molar-refractivity contribution >= 4 is 5.91 Å². The van der Waals surface area contributed by atoms with Gasteiger partial charge in [-0.2, -0.15) is 0 Å². The van der Waals surface area contributed by atoms with Gasteiger partial charge in [-0.05, 0) is 12.0 Å². The second-order valence-electron chi connectivity index (χ2n) is 6.08. The van der Waals surface area contributed by atoms with E-state index in [1.807, 2.05) is 18.2 Å². The Hall–Kier alpha value is -1.39. The fraction of sp³-hybridized carbons (Fsp3) is 0.632. The zero-order valence-corrected chi connectivity index (χ0v) is 14.2. The molecule has 0 aromatic heterocycles. The number of carbonyl (C=O) groups excluding carboxylic acids is 1. The molecule has 130 valence electrons. The molecule has 0 unspecified atom stereocenters. The Kier molecular flexibility index (Phi) is 10.3. The van der Waals surface area contributed by atoms with Crippen LogP contribution in [0.2, 0.25) is 0 Å². The third-order valence-electron chi connectivity index (χ3n) is 4.07. The van der Waals surface area contributed by atoms with Crippen LogP contribution in [0.15, 0.2) is 30.3 Å². The molecule has 4 heteroatoms. The molecule has 1 rings (SSSR count). The minimum atomic E-state index is -0.890. The lowest BCUT2D eigenvalue weighted by molar-refractivity contribution is -0.123. The number of hydrogen-bond donors (Lipinski definition) is 3. The van der Waals surface area contributed by atoms with Gasteiger partial charge in [-0.3, -0.25) is 4.79 Å². The molecule has 0 aliphatic heterocycles. The largest absolute Gasteiger partial charge is 0.394 e.